The number of nitrogens with one attached hydrogen (secondary N) is 3. The van der Waals surface area contributed by atoms with Crippen LogP contribution in [-0.2, 0) is 4.79 Å². The van der Waals surface area contributed by atoms with Crippen molar-refractivity contribution in [3.63, 3.8) is 0 Å². The van der Waals surface area contributed by atoms with Crippen LogP contribution in [0.15, 0.2) is 40.4 Å². The third kappa shape index (κ3) is 5.80. The van der Waals surface area contributed by atoms with Crippen LogP contribution in [0, 0.1) is 12.8 Å². The summed E-state index contributed by atoms with van der Waals surface area (Å²) in [5, 5.41) is 14.1. The summed E-state index contributed by atoms with van der Waals surface area (Å²) in [5.41, 5.74) is 1.75. The standard InChI is InChI=1S/C24H31N7O2S/c1-5-31(6-2)22-20(33-7-3)21(26-19-14-15(4)29-30-19)27-24(28-22)34-18-12-10-17(11-13-18)25-23(32)16-8-9-16/h10-14,16H,5-9H2,1-4H3,(H,25,32)(H2,26,27,28,29,30). The maximum atomic E-state index is 12.0. The lowest BCUT2D eigenvalue weighted by atomic mass is 10.3. The van der Waals surface area contributed by atoms with Gasteiger partial charge in [0.25, 0.3) is 0 Å². The number of H-pyrrole nitrogens is 1. The van der Waals surface area contributed by atoms with E-state index in [0.29, 0.717) is 29.1 Å². The number of rotatable bonds is 11. The smallest absolute Gasteiger partial charge is 0.227 e. The molecule has 0 unspecified atom stereocenters. The van der Waals surface area contributed by atoms with E-state index in [4.69, 9.17) is 14.7 Å². The molecule has 1 amide bonds. The number of benzene rings is 1. The van der Waals surface area contributed by atoms with Crippen molar-refractivity contribution in [3.8, 4) is 5.75 Å². The van der Waals surface area contributed by atoms with E-state index in [0.717, 1.165) is 48.0 Å². The van der Waals surface area contributed by atoms with Crippen molar-refractivity contribution in [1.82, 2.24) is 20.2 Å². The van der Waals surface area contributed by atoms with E-state index in [2.05, 4.69) is 39.6 Å². The molecule has 2 aromatic heterocycles. The average Bonchev–Trinajstić information content (AvgIpc) is 3.60. The number of aryl methyl sites for hydroxylation is 1. The molecule has 1 saturated carbocycles. The van der Waals surface area contributed by atoms with Crippen molar-refractivity contribution < 1.29 is 9.53 Å². The molecule has 1 aliphatic rings. The summed E-state index contributed by atoms with van der Waals surface area (Å²) in [7, 11) is 0. The Labute approximate surface area is 204 Å². The first-order valence-corrected chi connectivity index (χ1v) is 12.5. The van der Waals surface area contributed by atoms with Crippen LogP contribution in [0.1, 0.15) is 39.3 Å². The fourth-order valence-electron chi connectivity index (χ4n) is 3.47. The second-order valence-corrected chi connectivity index (χ2v) is 9.10. The van der Waals surface area contributed by atoms with Crippen molar-refractivity contribution >= 4 is 40.8 Å². The van der Waals surface area contributed by atoms with Gasteiger partial charge >= 0.3 is 0 Å². The Morgan fingerprint density at radius 1 is 1.18 bits per heavy atom. The first-order valence-electron chi connectivity index (χ1n) is 11.7. The predicted molar refractivity (Wildman–Crippen MR) is 135 cm³/mol. The average molecular weight is 482 g/mol. The summed E-state index contributed by atoms with van der Waals surface area (Å²) in [6.45, 7) is 10.1. The Kier molecular flexibility index (Phi) is 7.56. The highest BCUT2D eigenvalue weighted by atomic mass is 32.2. The molecule has 34 heavy (non-hydrogen) atoms. The fourth-order valence-corrected chi connectivity index (χ4v) is 4.22. The maximum absolute atomic E-state index is 12.0. The first-order chi connectivity index (χ1) is 16.5. The normalized spacial score (nSPS) is 12.9. The number of carbonyl (C=O) groups is 1. The number of anilines is 4. The molecular formula is C24H31N7O2S. The van der Waals surface area contributed by atoms with E-state index < -0.39 is 0 Å². The zero-order valence-electron chi connectivity index (χ0n) is 20.0. The molecular weight excluding hydrogens is 450 g/mol. The first kappa shape index (κ1) is 23.9. The molecule has 0 aliphatic heterocycles. The van der Waals surface area contributed by atoms with Crippen LogP contribution in [0.5, 0.6) is 5.75 Å². The Morgan fingerprint density at radius 3 is 2.50 bits per heavy atom. The Hall–Kier alpha value is -3.27. The molecule has 9 nitrogen and oxygen atoms in total. The van der Waals surface area contributed by atoms with Crippen molar-refractivity contribution in [1.29, 1.82) is 0 Å². The van der Waals surface area contributed by atoms with Gasteiger partial charge in [0.05, 0.1) is 6.61 Å². The molecule has 1 aromatic carbocycles. The molecule has 1 aliphatic carbocycles. The van der Waals surface area contributed by atoms with Gasteiger partial charge < -0.3 is 20.3 Å². The molecule has 0 radical (unpaired) electrons. The van der Waals surface area contributed by atoms with Gasteiger partial charge in [-0.2, -0.15) is 5.10 Å². The van der Waals surface area contributed by atoms with Crippen LogP contribution in [0.25, 0.3) is 0 Å². The van der Waals surface area contributed by atoms with Crippen molar-refractivity contribution in [2.75, 3.05) is 35.2 Å². The highest BCUT2D eigenvalue weighted by Crippen LogP contribution is 2.38. The molecule has 10 heteroatoms. The lowest BCUT2D eigenvalue weighted by Gasteiger charge is -2.24. The number of aromatic nitrogens is 4. The van der Waals surface area contributed by atoms with Gasteiger partial charge in [-0.05, 0) is 76.6 Å². The summed E-state index contributed by atoms with van der Waals surface area (Å²) >= 11 is 1.46. The number of aromatic amines is 1. The third-order valence-electron chi connectivity index (χ3n) is 5.41. The Bertz CT molecular complexity index is 1120. The lowest BCUT2D eigenvalue weighted by Crippen LogP contribution is -2.24. The zero-order chi connectivity index (χ0) is 24.1. The van der Waals surface area contributed by atoms with Crippen molar-refractivity contribution in [2.24, 2.45) is 5.92 Å². The number of nitrogens with zero attached hydrogens (tertiary/aromatic N) is 4. The quantitative estimate of drug-likeness (QED) is 0.329. The predicted octanol–water partition coefficient (Wildman–Crippen LogP) is 5.00. The Morgan fingerprint density at radius 2 is 1.91 bits per heavy atom. The SMILES string of the molecule is CCOc1c(Nc2cc(C)[nH]n2)nc(Sc2ccc(NC(=O)C3CC3)cc2)nc1N(CC)CC. The number of ether oxygens (including phenoxy) is 1. The number of hydrogen-bond acceptors (Lipinski definition) is 8. The summed E-state index contributed by atoms with van der Waals surface area (Å²) in [6.07, 6.45) is 1.97. The van der Waals surface area contributed by atoms with E-state index in [9.17, 15) is 4.79 Å². The summed E-state index contributed by atoms with van der Waals surface area (Å²) in [4.78, 5) is 24.8. The van der Waals surface area contributed by atoms with Gasteiger partial charge in [-0.25, -0.2) is 9.97 Å². The minimum absolute atomic E-state index is 0.100. The second-order valence-electron chi connectivity index (χ2n) is 8.06. The summed E-state index contributed by atoms with van der Waals surface area (Å²) < 4.78 is 6.00. The van der Waals surface area contributed by atoms with Crippen molar-refractivity contribution in [3.05, 3.63) is 36.0 Å². The van der Waals surface area contributed by atoms with Gasteiger partial charge in [-0.3, -0.25) is 9.89 Å². The summed E-state index contributed by atoms with van der Waals surface area (Å²) in [6, 6.07) is 9.67. The summed E-state index contributed by atoms with van der Waals surface area (Å²) in [5.74, 6) is 2.86. The molecule has 0 spiro atoms. The Balaban J connectivity index is 1.63. The van der Waals surface area contributed by atoms with E-state index in [1.54, 1.807) is 0 Å². The molecule has 3 aromatic rings. The van der Waals surface area contributed by atoms with Crippen LogP contribution in [0.4, 0.5) is 23.1 Å². The second kappa shape index (κ2) is 10.8. The fraction of sp³-hybridized carbons (Fsp3) is 0.417. The van der Waals surface area contributed by atoms with E-state index in [1.165, 1.54) is 11.8 Å². The highest BCUT2D eigenvalue weighted by molar-refractivity contribution is 7.99. The number of carbonyl (C=O) groups excluding carboxylic acids is 1. The molecule has 3 N–H and O–H groups in total. The van der Waals surface area contributed by atoms with Crippen LogP contribution in [-0.4, -0.2) is 45.8 Å². The van der Waals surface area contributed by atoms with Gasteiger partial charge in [-0.15, -0.1) is 0 Å². The largest absolute Gasteiger partial charge is 0.487 e. The van der Waals surface area contributed by atoms with Gasteiger partial charge in [-0.1, -0.05) is 0 Å². The van der Waals surface area contributed by atoms with Crippen LogP contribution in [0.3, 0.4) is 0 Å². The molecule has 0 bridgehead atoms. The monoisotopic (exact) mass is 481 g/mol. The van der Waals surface area contributed by atoms with Crippen molar-refractivity contribution in [2.45, 2.75) is 50.6 Å². The van der Waals surface area contributed by atoms with Gasteiger partial charge in [0.1, 0.15) is 0 Å². The van der Waals surface area contributed by atoms with Gasteiger partial charge in [0, 0.05) is 41.4 Å². The lowest BCUT2D eigenvalue weighted by molar-refractivity contribution is -0.117. The minimum Gasteiger partial charge on any atom is -0.487 e. The third-order valence-corrected chi connectivity index (χ3v) is 6.28. The molecule has 0 saturated heterocycles. The van der Waals surface area contributed by atoms with Gasteiger partial charge in [0.2, 0.25) is 11.7 Å². The van der Waals surface area contributed by atoms with E-state index in [1.807, 2.05) is 44.2 Å². The number of hydrogen-bond donors (Lipinski definition) is 3. The maximum Gasteiger partial charge on any atom is 0.227 e. The van der Waals surface area contributed by atoms with E-state index >= 15 is 0 Å². The van der Waals surface area contributed by atoms with Crippen LogP contribution < -0.4 is 20.3 Å². The topological polar surface area (TPSA) is 108 Å². The molecule has 180 valence electrons. The molecule has 4 rings (SSSR count). The van der Waals surface area contributed by atoms with Gasteiger partial charge in [0.15, 0.2) is 22.6 Å². The highest BCUT2D eigenvalue weighted by Gasteiger charge is 2.29. The molecule has 0 atom stereocenters. The minimum atomic E-state index is 0.100. The van der Waals surface area contributed by atoms with Crippen LogP contribution in [0.2, 0.25) is 0 Å². The van der Waals surface area contributed by atoms with E-state index in [-0.39, 0.29) is 11.8 Å². The zero-order valence-corrected chi connectivity index (χ0v) is 20.8. The number of amides is 1. The molecule has 1 fully saturated rings. The van der Waals surface area contributed by atoms with Crippen LogP contribution >= 0.6 is 11.8 Å². The molecule has 2 heterocycles.